The van der Waals surface area contributed by atoms with Gasteiger partial charge >= 0.3 is 12.9 Å². The molecule has 124 valence electrons. The number of halogens is 1. The highest BCUT2D eigenvalue weighted by Gasteiger charge is 2.52. The zero-order valence-corrected chi connectivity index (χ0v) is 14.0. The number of alkyl halides is 1. The molecule has 6 atom stereocenters. The lowest BCUT2D eigenvalue weighted by atomic mass is 10.1. The topological polar surface area (TPSA) is 111 Å². The van der Waals surface area contributed by atoms with Gasteiger partial charge in [0.2, 0.25) is 0 Å². The van der Waals surface area contributed by atoms with Crippen molar-refractivity contribution in [2.24, 2.45) is 0 Å². The predicted octanol–water partition coefficient (Wildman–Crippen LogP) is 0.238. The summed E-state index contributed by atoms with van der Waals surface area (Å²) in [5.74, 6) is 0. The van der Waals surface area contributed by atoms with Gasteiger partial charge in [0, 0.05) is 12.3 Å². The van der Waals surface area contributed by atoms with Crippen LogP contribution in [0.3, 0.4) is 0 Å². The van der Waals surface area contributed by atoms with Crippen LogP contribution in [0.15, 0.2) is 21.9 Å². The molecule has 2 unspecified atom stereocenters. The molecular weight excluding hydrogens is 358 g/mol. The lowest BCUT2D eigenvalue weighted by molar-refractivity contribution is -0.0747. The largest absolute Gasteiger partial charge is 0.582 e. The van der Waals surface area contributed by atoms with Gasteiger partial charge in [0.25, 0.3) is 5.56 Å². The number of aliphatic hydroxyl groups excluding tert-OH is 1. The van der Waals surface area contributed by atoms with Gasteiger partial charge in [-0.05, 0) is 11.5 Å². The van der Waals surface area contributed by atoms with Gasteiger partial charge in [-0.1, -0.05) is 0 Å². The SMILES string of the molecule is C[C@H](O)[C@H]1O[C@@H](n2ccc(=O)[nH]c2=O)[C@@H](F)C1O[P+](=O)S.S. The molecule has 0 bridgehead atoms. The van der Waals surface area contributed by atoms with Gasteiger partial charge < -0.3 is 9.84 Å². The lowest BCUT2D eigenvalue weighted by Crippen LogP contribution is -2.37. The number of nitrogens with one attached hydrogen (secondary N) is 1. The van der Waals surface area contributed by atoms with Crippen LogP contribution in [0.2, 0.25) is 0 Å². The van der Waals surface area contributed by atoms with Crippen molar-refractivity contribution in [1.82, 2.24) is 9.55 Å². The number of H-pyrrole nitrogens is 1. The van der Waals surface area contributed by atoms with Crippen LogP contribution >= 0.6 is 33.0 Å². The van der Waals surface area contributed by atoms with E-state index in [9.17, 15) is 23.7 Å². The third-order valence-electron chi connectivity index (χ3n) is 3.02. The molecule has 1 aromatic rings. The molecule has 1 aliphatic rings. The Labute approximate surface area is 137 Å². The number of hydrogen-bond acceptors (Lipinski definition) is 6. The molecule has 22 heavy (non-hydrogen) atoms. The predicted molar refractivity (Wildman–Crippen MR) is 83.7 cm³/mol. The van der Waals surface area contributed by atoms with E-state index in [1.165, 1.54) is 6.92 Å². The first-order chi connectivity index (χ1) is 9.81. The second-order valence-corrected chi connectivity index (χ2v) is 6.17. The van der Waals surface area contributed by atoms with Crippen molar-refractivity contribution in [1.29, 1.82) is 0 Å². The maximum Gasteiger partial charge on any atom is 0.582 e. The van der Waals surface area contributed by atoms with E-state index in [0.717, 1.165) is 16.8 Å². The fourth-order valence-electron chi connectivity index (χ4n) is 2.11. The third kappa shape index (κ3) is 3.98. The van der Waals surface area contributed by atoms with Gasteiger partial charge in [0.05, 0.1) is 6.10 Å². The molecule has 0 amide bonds. The molecule has 12 heteroatoms. The quantitative estimate of drug-likeness (QED) is 0.515. The van der Waals surface area contributed by atoms with Crippen molar-refractivity contribution in [2.45, 2.75) is 37.6 Å². The normalized spacial score (nSPS) is 29.7. The third-order valence-corrected chi connectivity index (χ3v) is 3.73. The zero-order chi connectivity index (χ0) is 15.7. The van der Waals surface area contributed by atoms with Crippen LogP contribution in [-0.2, 0) is 13.8 Å². The van der Waals surface area contributed by atoms with Crippen LogP contribution in [0.1, 0.15) is 13.2 Å². The summed E-state index contributed by atoms with van der Waals surface area (Å²) in [5, 5.41) is 9.59. The summed E-state index contributed by atoms with van der Waals surface area (Å²) in [4.78, 5) is 24.6. The Morgan fingerprint density at radius 1 is 1.59 bits per heavy atom. The number of aromatic nitrogens is 2. The molecule has 1 aliphatic heterocycles. The Balaban J connectivity index is 0.00000242. The molecule has 0 spiro atoms. The monoisotopic (exact) mass is 373 g/mol. The van der Waals surface area contributed by atoms with E-state index in [4.69, 9.17) is 9.26 Å². The van der Waals surface area contributed by atoms with Gasteiger partial charge in [-0.2, -0.15) is 13.5 Å². The second kappa shape index (κ2) is 7.71. The maximum atomic E-state index is 14.4. The van der Waals surface area contributed by atoms with Gasteiger partial charge in [-0.25, -0.2) is 9.18 Å². The number of aromatic amines is 1. The van der Waals surface area contributed by atoms with Gasteiger partial charge in [0.15, 0.2) is 18.5 Å². The number of aliphatic hydroxyl groups is 1. The second-order valence-electron chi connectivity index (χ2n) is 4.50. The summed E-state index contributed by atoms with van der Waals surface area (Å²) in [7, 11) is -2.42. The van der Waals surface area contributed by atoms with Crippen LogP contribution in [0.5, 0.6) is 0 Å². The van der Waals surface area contributed by atoms with E-state index in [0.29, 0.717) is 0 Å². The zero-order valence-electron chi connectivity index (χ0n) is 11.2. The van der Waals surface area contributed by atoms with Gasteiger partial charge in [-0.15, -0.1) is 4.52 Å². The van der Waals surface area contributed by atoms with Gasteiger partial charge in [0.1, 0.15) is 18.4 Å². The standard InChI is InChI=1S/C10H12FN2O6PS.H2S/c1-4(14)7-8(19-20(17)21)6(11)9(18-7)13-3-2-5(15)12-10(13)16;/h2-4,6-9,14H,1H3,(H-,12,15,16,17,21);1H2/p+1/t4-,6-,7+,8?,9+;/m0./s1. The molecular formula is C10H15FN2O6PS2+. The van der Waals surface area contributed by atoms with Crippen molar-refractivity contribution >= 4 is 33.0 Å². The summed E-state index contributed by atoms with van der Waals surface area (Å²) in [6, 6.07) is 1.03. The average Bonchev–Trinajstić information content (AvgIpc) is 2.67. The van der Waals surface area contributed by atoms with Crippen LogP contribution in [0.4, 0.5) is 4.39 Å². The minimum Gasteiger partial charge on any atom is -0.391 e. The molecule has 1 fully saturated rings. The van der Waals surface area contributed by atoms with Gasteiger partial charge in [-0.3, -0.25) is 14.3 Å². The minimum absolute atomic E-state index is 0. The summed E-state index contributed by atoms with van der Waals surface area (Å²) in [6.07, 6.45) is -5.83. The van der Waals surface area contributed by atoms with Crippen molar-refractivity contribution in [3.05, 3.63) is 33.1 Å². The summed E-state index contributed by atoms with van der Waals surface area (Å²) in [5.41, 5.74) is -1.50. The Morgan fingerprint density at radius 3 is 2.73 bits per heavy atom. The molecule has 0 saturated carbocycles. The van der Waals surface area contributed by atoms with Crippen LogP contribution in [-0.4, -0.2) is 39.1 Å². The van der Waals surface area contributed by atoms with E-state index >= 15 is 0 Å². The molecule has 2 heterocycles. The Hall–Kier alpha value is -0.710. The van der Waals surface area contributed by atoms with Crippen molar-refractivity contribution in [2.75, 3.05) is 0 Å². The van der Waals surface area contributed by atoms with Crippen LogP contribution in [0.25, 0.3) is 0 Å². The first-order valence-corrected chi connectivity index (χ1v) is 8.26. The highest BCUT2D eigenvalue weighted by molar-refractivity contribution is 8.39. The fraction of sp³-hybridized carbons (Fsp3) is 0.600. The van der Waals surface area contributed by atoms with E-state index < -0.39 is 49.2 Å². The van der Waals surface area contributed by atoms with Crippen LogP contribution in [0, 0.1) is 0 Å². The molecule has 0 aromatic carbocycles. The van der Waals surface area contributed by atoms with Crippen molar-refractivity contribution in [3.63, 3.8) is 0 Å². The highest BCUT2D eigenvalue weighted by Crippen LogP contribution is 2.40. The Kier molecular flexibility index (Phi) is 6.78. The van der Waals surface area contributed by atoms with Crippen molar-refractivity contribution < 1.29 is 23.3 Å². The molecule has 8 nitrogen and oxygen atoms in total. The average molecular weight is 373 g/mol. The molecule has 0 aliphatic carbocycles. The molecule has 1 saturated heterocycles. The van der Waals surface area contributed by atoms with Crippen LogP contribution < -0.4 is 11.2 Å². The molecule has 0 radical (unpaired) electrons. The lowest BCUT2D eigenvalue weighted by Gasteiger charge is -2.17. The highest BCUT2D eigenvalue weighted by atomic mass is 32.7. The van der Waals surface area contributed by atoms with E-state index in [2.05, 4.69) is 12.2 Å². The number of rotatable bonds is 4. The first-order valence-electron chi connectivity index (χ1n) is 5.93. The maximum absolute atomic E-state index is 14.4. The van der Waals surface area contributed by atoms with Crippen molar-refractivity contribution in [3.8, 4) is 0 Å². The fourth-order valence-corrected chi connectivity index (χ4v) is 2.89. The summed E-state index contributed by atoms with van der Waals surface area (Å²) >= 11 is 3.54. The Bertz CT molecular complexity index is 653. The first kappa shape index (κ1) is 19.3. The summed E-state index contributed by atoms with van der Waals surface area (Å²) in [6.45, 7) is 1.34. The van der Waals surface area contributed by atoms with E-state index in [-0.39, 0.29) is 13.5 Å². The number of thiol groups is 1. The smallest absolute Gasteiger partial charge is 0.391 e. The summed E-state index contributed by atoms with van der Waals surface area (Å²) < 4.78 is 36.4. The number of nitrogens with zero attached hydrogens (tertiary/aromatic N) is 1. The minimum atomic E-state index is -2.42. The molecule has 2 rings (SSSR count). The Morgan fingerprint density at radius 2 is 2.23 bits per heavy atom. The van der Waals surface area contributed by atoms with E-state index in [1.807, 2.05) is 4.98 Å². The number of hydrogen-bond donors (Lipinski definition) is 3. The number of ether oxygens (including phenoxy) is 1. The molecule has 1 aromatic heterocycles. The van der Waals surface area contributed by atoms with E-state index in [1.54, 1.807) is 0 Å². The molecule has 2 N–H and O–H groups in total.